The molecule has 0 saturated carbocycles. The van der Waals surface area contributed by atoms with E-state index in [4.69, 9.17) is 5.73 Å². The fourth-order valence-corrected chi connectivity index (χ4v) is 2.46. The summed E-state index contributed by atoms with van der Waals surface area (Å²) < 4.78 is 0. The predicted molar refractivity (Wildman–Crippen MR) is 91.0 cm³/mol. The number of aromatic nitrogens is 1. The number of carbonyl (C=O) groups excluding carboxylic acids is 1. The second-order valence-corrected chi connectivity index (χ2v) is 5.83. The molecule has 1 aromatic carbocycles. The Morgan fingerprint density at radius 1 is 1.38 bits per heavy atom. The van der Waals surface area contributed by atoms with Crippen LogP contribution in [0, 0.1) is 6.92 Å². The van der Waals surface area contributed by atoms with Gasteiger partial charge in [-0.2, -0.15) is 0 Å². The van der Waals surface area contributed by atoms with Crippen molar-refractivity contribution < 1.29 is 4.79 Å². The standard InChI is InChI=1S/C15H19N3OS.ClH/c1-10-3-6-12(7-4-10)13-9-20-15(17-13)18-14(19)8-5-11(2)16;/h3-4,6-7,9,11H,5,8,16H2,1-2H3,(H,17,18,19);1H. The lowest BCUT2D eigenvalue weighted by Gasteiger charge is -2.04. The Labute approximate surface area is 135 Å². The fraction of sp³-hybridized carbons (Fsp3) is 0.333. The molecule has 0 spiro atoms. The summed E-state index contributed by atoms with van der Waals surface area (Å²) >= 11 is 1.44. The number of thiazole rings is 1. The van der Waals surface area contributed by atoms with Gasteiger partial charge in [-0.1, -0.05) is 29.8 Å². The Morgan fingerprint density at radius 3 is 2.67 bits per heavy atom. The molecule has 4 nitrogen and oxygen atoms in total. The third kappa shape index (κ3) is 5.46. The number of carbonyl (C=O) groups is 1. The second-order valence-electron chi connectivity index (χ2n) is 4.97. The zero-order chi connectivity index (χ0) is 14.5. The number of nitrogens with one attached hydrogen (secondary N) is 1. The highest BCUT2D eigenvalue weighted by atomic mass is 35.5. The molecule has 0 aliphatic carbocycles. The molecule has 1 unspecified atom stereocenters. The van der Waals surface area contributed by atoms with Gasteiger partial charge in [0.05, 0.1) is 5.69 Å². The Kier molecular flexibility index (Phi) is 6.81. The summed E-state index contributed by atoms with van der Waals surface area (Å²) in [4.78, 5) is 16.1. The molecule has 1 atom stereocenters. The van der Waals surface area contributed by atoms with Crippen molar-refractivity contribution in [2.45, 2.75) is 32.7 Å². The van der Waals surface area contributed by atoms with Gasteiger partial charge in [-0.25, -0.2) is 4.98 Å². The van der Waals surface area contributed by atoms with Crippen molar-refractivity contribution in [3.63, 3.8) is 0 Å². The monoisotopic (exact) mass is 325 g/mol. The molecular weight excluding hydrogens is 306 g/mol. The molecule has 2 rings (SSSR count). The minimum Gasteiger partial charge on any atom is -0.328 e. The molecule has 0 saturated heterocycles. The summed E-state index contributed by atoms with van der Waals surface area (Å²) in [7, 11) is 0. The van der Waals surface area contributed by atoms with Crippen molar-refractivity contribution in [3.8, 4) is 11.3 Å². The zero-order valence-corrected chi connectivity index (χ0v) is 13.8. The summed E-state index contributed by atoms with van der Waals surface area (Å²) in [6.07, 6.45) is 1.11. The van der Waals surface area contributed by atoms with Crippen LogP contribution in [-0.2, 0) is 4.79 Å². The minimum atomic E-state index is -0.0351. The SMILES string of the molecule is Cc1ccc(-c2csc(NC(=O)CCC(C)N)n2)cc1.Cl. The second kappa shape index (κ2) is 8.12. The number of rotatable bonds is 5. The van der Waals surface area contributed by atoms with E-state index >= 15 is 0 Å². The van der Waals surface area contributed by atoms with Gasteiger partial charge in [0.25, 0.3) is 0 Å². The zero-order valence-electron chi connectivity index (χ0n) is 12.1. The number of hydrogen-bond acceptors (Lipinski definition) is 4. The highest BCUT2D eigenvalue weighted by Gasteiger charge is 2.08. The Morgan fingerprint density at radius 2 is 2.05 bits per heavy atom. The predicted octanol–water partition coefficient (Wildman–Crippen LogP) is 3.61. The van der Waals surface area contributed by atoms with Crippen molar-refractivity contribution in [1.29, 1.82) is 0 Å². The highest BCUT2D eigenvalue weighted by Crippen LogP contribution is 2.25. The van der Waals surface area contributed by atoms with Gasteiger partial charge in [0.1, 0.15) is 0 Å². The number of halogens is 1. The van der Waals surface area contributed by atoms with Crippen LogP contribution in [0.15, 0.2) is 29.6 Å². The average molecular weight is 326 g/mol. The maximum atomic E-state index is 11.7. The molecule has 0 bridgehead atoms. The molecule has 1 amide bonds. The number of hydrogen-bond donors (Lipinski definition) is 2. The molecule has 1 aromatic heterocycles. The number of nitrogens with zero attached hydrogens (tertiary/aromatic N) is 1. The number of amides is 1. The first-order chi connectivity index (χ1) is 9.54. The molecule has 0 radical (unpaired) electrons. The maximum absolute atomic E-state index is 11.7. The van der Waals surface area contributed by atoms with Gasteiger partial charge in [0.2, 0.25) is 5.91 Å². The molecule has 1 heterocycles. The van der Waals surface area contributed by atoms with Crippen molar-refractivity contribution in [3.05, 3.63) is 35.2 Å². The smallest absolute Gasteiger partial charge is 0.226 e. The highest BCUT2D eigenvalue weighted by molar-refractivity contribution is 7.14. The normalized spacial score (nSPS) is 11.6. The van der Waals surface area contributed by atoms with E-state index in [2.05, 4.69) is 29.4 Å². The maximum Gasteiger partial charge on any atom is 0.226 e. The number of benzene rings is 1. The summed E-state index contributed by atoms with van der Waals surface area (Å²) in [6.45, 7) is 3.95. The van der Waals surface area contributed by atoms with Crippen molar-refractivity contribution in [2.24, 2.45) is 5.73 Å². The first kappa shape index (κ1) is 17.6. The van der Waals surface area contributed by atoms with E-state index in [1.54, 1.807) is 0 Å². The van der Waals surface area contributed by atoms with E-state index in [0.29, 0.717) is 18.0 Å². The average Bonchev–Trinajstić information content (AvgIpc) is 2.85. The van der Waals surface area contributed by atoms with E-state index in [0.717, 1.165) is 11.3 Å². The Hall–Kier alpha value is -1.43. The lowest BCUT2D eigenvalue weighted by molar-refractivity contribution is -0.116. The molecule has 3 N–H and O–H groups in total. The van der Waals surface area contributed by atoms with E-state index in [9.17, 15) is 4.79 Å². The number of nitrogens with two attached hydrogens (primary N) is 1. The van der Waals surface area contributed by atoms with Gasteiger partial charge < -0.3 is 11.1 Å². The van der Waals surface area contributed by atoms with Crippen LogP contribution in [0.4, 0.5) is 5.13 Å². The summed E-state index contributed by atoms with van der Waals surface area (Å²) in [5.74, 6) is -0.0351. The summed E-state index contributed by atoms with van der Waals surface area (Å²) in [5.41, 5.74) is 8.79. The lowest BCUT2D eigenvalue weighted by atomic mass is 10.1. The first-order valence-corrected chi connectivity index (χ1v) is 7.50. The van der Waals surface area contributed by atoms with Crippen molar-refractivity contribution in [2.75, 3.05) is 5.32 Å². The number of aryl methyl sites for hydroxylation is 1. The van der Waals surface area contributed by atoms with Crippen LogP contribution >= 0.6 is 23.7 Å². The molecule has 6 heteroatoms. The van der Waals surface area contributed by atoms with Crippen LogP contribution in [0.1, 0.15) is 25.3 Å². The van der Waals surface area contributed by atoms with Gasteiger partial charge in [0.15, 0.2) is 5.13 Å². The third-order valence-electron chi connectivity index (χ3n) is 2.92. The van der Waals surface area contributed by atoms with Crippen LogP contribution < -0.4 is 11.1 Å². The molecule has 0 aliphatic rings. The van der Waals surface area contributed by atoms with E-state index < -0.39 is 0 Å². The van der Waals surface area contributed by atoms with Gasteiger partial charge in [-0.3, -0.25) is 4.79 Å². The van der Waals surface area contributed by atoms with Crippen molar-refractivity contribution in [1.82, 2.24) is 4.98 Å². The quantitative estimate of drug-likeness (QED) is 0.882. The third-order valence-corrected chi connectivity index (χ3v) is 3.68. The largest absolute Gasteiger partial charge is 0.328 e. The van der Waals surface area contributed by atoms with Crippen LogP contribution in [0.2, 0.25) is 0 Å². The molecule has 0 fully saturated rings. The van der Waals surface area contributed by atoms with Gasteiger partial charge in [0, 0.05) is 23.4 Å². The van der Waals surface area contributed by atoms with Crippen LogP contribution in [0.25, 0.3) is 11.3 Å². The summed E-state index contributed by atoms with van der Waals surface area (Å²) in [5, 5.41) is 5.40. The number of anilines is 1. The first-order valence-electron chi connectivity index (χ1n) is 6.62. The van der Waals surface area contributed by atoms with Gasteiger partial charge in [-0.15, -0.1) is 23.7 Å². The van der Waals surface area contributed by atoms with Gasteiger partial charge >= 0.3 is 0 Å². The van der Waals surface area contributed by atoms with E-state index in [1.165, 1.54) is 16.9 Å². The Bertz CT molecular complexity index is 581. The molecule has 114 valence electrons. The molecule has 0 aliphatic heterocycles. The minimum absolute atomic E-state index is 0. The Balaban J connectivity index is 0.00000220. The van der Waals surface area contributed by atoms with Crippen LogP contribution in [0.3, 0.4) is 0 Å². The van der Waals surface area contributed by atoms with Crippen LogP contribution in [0.5, 0.6) is 0 Å². The lowest BCUT2D eigenvalue weighted by Crippen LogP contribution is -2.19. The molecular formula is C15H20ClN3OS. The topological polar surface area (TPSA) is 68.0 Å². The summed E-state index contributed by atoms with van der Waals surface area (Å²) in [6, 6.07) is 8.21. The fourth-order valence-electron chi connectivity index (χ4n) is 1.73. The van der Waals surface area contributed by atoms with Crippen molar-refractivity contribution >= 4 is 34.8 Å². The van der Waals surface area contributed by atoms with Crippen LogP contribution in [-0.4, -0.2) is 16.9 Å². The van der Waals surface area contributed by atoms with E-state index in [-0.39, 0.29) is 24.4 Å². The van der Waals surface area contributed by atoms with Gasteiger partial charge in [-0.05, 0) is 20.3 Å². The van der Waals surface area contributed by atoms with E-state index in [1.807, 2.05) is 24.4 Å². The molecule has 2 aromatic rings. The molecule has 21 heavy (non-hydrogen) atoms.